The van der Waals surface area contributed by atoms with Gasteiger partial charge in [0.15, 0.2) is 0 Å². The van der Waals surface area contributed by atoms with Crippen molar-refractivity contribution in [2.45, 2.75) is 32.5 Å². The van der Waals surface area contributed by atoms with Crippen molar-refractivity contribution in [3.8, 4) is 17.0 Å². The van der Waals surface area contributed by atoms with E-state index in [1.165, 1.54) is 5.56 Å². The second-order valence-electron chi connectivity index (χ2n) is 7.29. The minimum atomic E-state index is 0.0487. The molecule has 1 atom stereocenters. The second-order valence-corrected chi connectivity index (χ2v) is 8.23. The molecule has 3 aromatic rings. The van der Waals surface area contributed by atoms with Gasteiger partial charge in [0, 0.05) is 42.6 Å². The van der Waals surface area contributed by atoms with E-state index >= 15 is 0 Å². The van der Waals surface area contributed by atoms with Gasteiger partial charge in [-0.25, -0.2) is 4.98 Å². The van der Waals surface area contributed by atoms with Crippen molar-refractivity contribution in [1.82, 2.24) is 15.2 Å². The van der Waals surface area contributed by atoms with Crippen LogP contribution in [0.3, 0.4) is 0 Å². The van der Waals surface area contributed by atoms with Gasteiger partial charge in [-0.05, 0) is 13.0 Å². The molecule has 0 bridgehead atoms. The van der Waals surface area contributed by atoms with Gasteiger partial charge in [0.25, 0.3) is 0 Å². The third kappa shape index (κ3) is 5.22. The number of ether oxygens (including phenoxy) is 1. The number of rotatable bonds is 6. The van der Waals surface area contributed by atoms with E-state index in [-0.39, 0.29) is 12.0 Å². The summed E-state index contributed by atoms with van der Waals surface area (Å²) in [6.07, 6.45) is 0.569. The van der Waals surface area contributed by atoms with Crippen molar-refractivity contribution in [1.29, 1.82) is 0 Å². The summed E-state index contributed by atoms with van der Waals surface area (Å²) < 4.78 is 5.99. The van der Waals surface area contributed by atoms with Crippen LogP contribution in [0.5, 0.6) is 5.75 Å². The fraction of sp³-hybridized carbons (Fsp3) is 0.304. The Hall–Kier alpha value is -2.70. The Morgan fingerprint density at radius 3 is 2.86 bits per heavy atom. The molecule has 6 heteroatoms. The van der Waals surface area contributed by atoms with E-state index in [0.717, 1.165) is 35.1 Å². The van der Waals surface area contributed by atoms with Crippen molar-refractivity contribution < 1.29 is 9.53 Å². The van der Waals surface area contributed by atoms with Crippen LogP contribution < -0.4 is 10.1 Å². The summed E-state index contributed by atoms with van der Waals surface area (Å²) in [7, 11) is 0. The number of hydrogen-bond donors (Lipinski definition) is 1. The average Bonchev–Trinajstić information content (AvgIpc) is 3.15. The molecule has 1 unspecified atom stereocenters. The summed E-state index contributed by atoms with van der Waals surface area (Å²) >= 11 is 1.58. The Morgan fingerprint density at radius 2 is 2.00 bits per heavy atom. The molecule has 1 aromatic heterocycles. The largest absolute Gasteiger partial charge is 0.489 e. The molecule has 0 fully saturated rings. The highest BCUT2D eigenvalue weighted by atomic mass is 32.1. The van der Waals surface area contributed by atoms with Gasteiger partial charge >= 0.3 is 0 Å². The topological polar surface area (TPSA) is 54.5 Å². The molecule has 5 nitrogen and oxygen atoms in total. The van der Waals surface area contributed by atoms with Crippen molar-refractivity contribution in [3.05, 3.63) is 70.5 Å². The smallest absolute Gasteiger partial charge is 0.221 e. The zero-order valence-corrected chi connectivity index (χ0v) is 17.3. The number of amides is 1. The maximum Gasteiger partial charge on any atom is 0.221 e. The van der Waals surface area contributed by atoms with Gasteiger partial charge in [0.1, 0.15) is 16.9 Å². The zero-order chi connectivity index (χ0) is 20.1. The Morgan fingerprint density at radius 1 is 1.21 bits per heavy atom. The first-order valence-corrected chi connectivity index (χ1v) is 10.8. The lowest BCUT2D eigenvalue weighted by molar-refractivity contribution is -0.121. The second kappa shape index (κ2) is 9.20. The van der Waals surface area contributed by atoms with Crippen molar-refractivity contribution in [3.63, 3.8) is 0 Å². The third-order valence-corrected chi connectivity index (χ3v) is 5.77. The number of fused-ring (bicyclic) bond motifs is 1. The van der Waals surface area contributed by atoms with Crippen LogP contribution in [-0.4, -0.2) is 35.0 Å². The lowest BCUT2D eigenvalue weighted by Gasteiger charge is -2.21. The molecule has 0 saturated carbocycles. The normalized spacial score (nSPS) is 16.5. The van der Waals surface area contributed by atoms with E-state index in [0.29, 0.717) is 19.5 Å². The Bertz CT molecular complexity index is 958. The molecule has 1 aliphatic heterocycles. The molecule has 4 rings (SSSR count). The van der Waals surface area contributed by atoms with Crippen molar-refractivity contribution in [2.75, 3.05) is 13.1 Å². The molecule has 2 heterocycles. The van der Waals surface area contributed by atoms with Crippen LogP contribution in [0.4, 0.5) is 0 Å². The summed E-state index contributed by atoms with van der Waals surface area (Å²) in [4.78, 5) is 19.3. The van der Waals surface area contributed by atoms with Crippen molar-refractivity contribution in [2.24, 2.45) is 0 Å². The number of thiazole rings is 1. The summed E-state index contributed by atoms with van der Waals surface area (Å²) in [5.41, 5.74) is 3.23. The molecule has 1 N–H and O–H groups in total. The molecular formula is C23H25N3O2S. The first-order chi connectivity index (χ1) is 14.2. The summed E-state index contributed by atoms with van der Waals surface area (Å²) in [6, 6.07) is 18.2. The number of benzene rings is 2. The first-order valence-electron chi connectivity index (χ1n) is 9.91. The molecule has 1 aliphatic rings. The quantitative estimate of drug-likeness (QED) is 0.668. The molecule has 0 saturated heterocycles. The maximum absolute atomic E-state index is 12.4. The zero-order valence-electron chi connectivity index (χ0n) is 16.5. The number of aromatic nitrogens is 1. The minimum Gasteiger partial charge on any atom is -0.489 e. The van der Waals surface area contributed by atoms with E-state index in [9.17, 15) is 4.79 Å². The number of nitrogens with one attached hydrogen (secondary N) is 1. The number of para-hydroxylation sites is 1. The third-order valence-electron chi connectivity index (χ3n) is 4.92. The van der Waals surface area contributed by atoms with Crippen LogP contribution >= 0.6 is 11.3 Å². The Balaban J connectivity index is 1.27. The Labute approximate surface area is 175 Å². The highest BCUT2D eigenvalue weighted by Crippen LogP contribution is 2.25. The van der Waals surface area contributed by atoms with Crippen LogP contribution in [-0.2, 0) is 17.9 Å². The van der Waals surface area contributed by atoms with Gasteiger partial charge in [-0.2, -0.15) is 0 Å². The molecular weight excluding hydrogens is 382 g/mol. The fourth-order valence-corrected chi connectivity index (χ4v) is 4.24. The fourth-order valence-electron chi connectivity index (χ4n) is 3.50. The predicted molar refractivity (Wildman–Crippen MR) is 116 cm³/mol. The lowest BCUT2D eigenvalue weighted by atomic mass is 10.2. The van der Waals surface area contributed by atoms with E-state index < -0.39 is 0 Å². The SMILES string of the molecule is CC1CN(CCC(=O)NCc2nc(-c3ccccc3)cs2)Cc2ccccc2O1. The van der Waals surface area contributed by atoms with Gasteiger partial charge < -0.3 is 10.1 Å². The monoisotopic (exact) mass is 407 g/mol. The lowest BCUT2D eigenvalue weighted by Crippen LogP contribution is -2.34. The predicted octanol–water partition coefficient (Wildman–Crippen LogP) is 4.10. The highest BCUT2D eigenvalue weighted by molar-refractivity contribution is 7.09. The standard InChI is InChI=1S/C23H25N3O2S/c1-17-14-26(15-19-9-5-6-10-21(19)28-17)12-11-22(27)24-13-23-25-20(16-29-23)18-7-3-2-4-8-18/h2-10,16-17H,11-15H2,1H3,(H,24,27). The van der Waals surface area contributed by atoms with Gasteiger partial charge in [0.05, 0.1) is 12.2 Å². The summed E-state index contributed by atoms with van der Waals surface area (Å²) in [5, 5.41) is 5.95. The Kier molecular flexibility index (Phi) is 6.22. The van der Waals surface area contributed by atoms with E-state index in [4.69, 9.17) is 4.74 Å². The maximum atomic E-state index is 12.4. The molecule has 1 amide bonds. The van der Waals surface area contributed by atoms with Crippen LogP contribution in [0, 0.1) is 0 Å². The summed E-state index contributed by atoms with van der Waals surface area (Å²) in [5.74, 6) is 0.998. The van der Waals surface area contributed by atoms with Crippen LogP contribution in [0.25, 0.3) is 11.3 Å². The molecule has 0 aliphatic carbocycles. The molecule has 2 aromatic carbocycles. The number of hydrogen-bond acceptors (Lipinski definition) is 5. The molecule has 150 valence electrons. The van der Waals surface area contributed by atoms with Crippen LogP contribution in [0.1, 0.15) is 23.9 Å². The van der Waals surface area contributed by atoms with Gasteiger partial charge in [-0.15, -0.1) is 11.3 Å². The van der Waals surface area contributed by atoms with E-state index in [2.05, 4.69) is 28.2 Å². The van der Waals surface area contributed by atoms with Crippen LogP contribution in [0.15, 0.2) is 60.0 Å². The number of nitrogens with zero attached hydrogens (tertiary/aromatic N) is 2. The van der Waals surface area contributed by atoms with E-state index in [1.807, 2.05) is 53.9 Å². The molecule has 29 heavy (non-hydrogen) atoms. The van der Waals surface area contributed by atoms with Gasteiger partial charge in [-0.3, -0.25) is 9.69 Å². The number of carbonyl (C=O) groups excluding carboxylic acids is 1. The van der Waals surface area contributed by atoms with Gasteiger partial charge in [-0.1, -0.05) is 48.5 Å². The molecule has 0 radical (unpaired) electrons. The first kappa shape index (κ1) is 19.6. The average molecular weight is 408 g/mol. The highest BCUT2D eigenvalue weighted by Gasteiger charge is 2.20. The van der Waals surface area contributed by atoms with E-state index in [1.54, 1.807) is 11.3 Å². The van der Waals surface area contributed by atoms with Crippen LogP contribution in [0.2, 0.25) is 0 Å². The summed E-state index contributed by atoms with van der Waals surface area (Å²) in [6.45, 7) is 4.87. The minimum absolute atomic E-state index is 0.0487. The van der Waals surface area contributed by atoms with Crippen molar-refractivity contribution >= 4 is 17.2 Å². The van der Waals surface area contributed by atoms with Gasteiger partial charge in [0.2, 0.25) is 5.91 Å². The molecule has 0 spiro atoms. The number of carbonyl (C=O) groups is 1.